The molecule has 27 nitrogen and oxygen atoms in total. The van der Waals surface area contributed by atoms with Gasteiger partial charge in [0.2, 0.25) is 65.0 Å². The van der Waals surface area contributed by atoms with Crippen molar-refractivity contribution in [3.05, 3.63) is 179 Å². The number of hydrogen-bond donors (Lipinski definition) is 6. The molecule has 27 heteroatoms. The topological polar surface area (TPSA) is 376 Å². The van der Waals surface area contributed by atoms with E-state index in [1.54, 1.807) is 140 Å². The summed E-state index contributed by atoms with van der Waals surface area (Å²) in [7, 11) is 0. The van der Waals surface area contributed by atoms with Crippen molar-refractivity contribution in [3.63, 3.8) is 0 Å². The standard InChI is InChI=1S/C72H100N16O11/c1-57(89)79(37-17-32-73)48-68(95)85(43-59-24-9-3-10-25-59)53-64(91)81(39-19-34-75)50-70(97)87(45-61-28-13-5-14-29-61)55-66(93)83(41-21-36-77)52-72(99)88(46-62-30-15-6-16-31-62)56-67(94)82(40-20-35-76)51-71(98)86(44-60-26-11-4-12-27-60)54-65(92)80(38-18-33-74)49-69(96)84(47-63(78)90)42-58-22-7-2-8-23-58/h2-16,22-31H,17-21,32-56,73-77H2,1H3,(H2,78,90). The third-order valence-electron chi connectivity index (χ3n) is 16.1. The van der Waals surface area contributed by atoms with E-state index in [0.29, 0.717) is 35.1 Å². The first-order valence-electron chi connectivity index (χ1n) is 33.5. The monoisotopic (exact) mass is 1360 g/mol. The molecule has 0 heterocycles. The molecule has 0 aliphatic heterocycles. The lowest BCUT2D eigenvalue weighted by molar-refractivity contribution is -0.149. The Hall–Kier alpha value is -9.93. The third-order valence-corrected chi connectivity index (χ3v) is 16.1. The number of rotatable bonds is 45. The Morgan fingerprint density at radius 1 is 0.242 bits per heavy atom. The maximum absolute atomic E-state index is 15.0. The number of carbonyl (C=O) groups is 11. The van der Waals surface area contributed by atoms with Crippen molar-refractivity contribution in [1.82, 2.24) is 49.0 Å². The van der Waals surface area contributed by atoms with Crippen molar-refractivity contribution in [3.8, 4) is 0 Å². The molecule has 5 rings (SSSR count). The van der Waals surface area contributed by atoms with Gasteiger partial charge in [-0.3, -0.25) is 52.7 Å². The molecule has 0 spiro atoms. The number of nitrogens with two attached hydrogens (primary N) is 6. The smallest absolute Gasteiger partial charge is 0.242 e. The zero-order valence-corrected chi connectivity index (χ0v) is 57.1. The Kier molecular flexibility index (Phi) is 35.5. The number of benzene rings is 5. The highest BCUT2D eigenvalue weighted by molar-refractivity contribution is 5.94. The van der Waals surface area contributed by atoms with Gasteiger partial charge in [-0.05, 0) is 92.6 Å². The normalized spacial score (nSPS) is 10.8. The first-order chi connectivity index (χ1) is 47.7. The van der Waals surface area contributed by atoms with Crippen LogP contribution in [0.2, 0.25) is 0 Å². The van der Waals surface area contributed by atoms with Gasteiger partial charge in [0.25, 0.3) is 0 Å². The van der Waals surface area contributed by atoms with Crippen LogP contribution in [0.5, 0.6) is 0 Å². The molecule has 99 heavy (non-hydrogen) atoms. The SMILES string of the molecule is CC(=O)N(CCCN)CC(=O)N(CC(=O)N(CCCN)CC(=O)N(CC(=O)N(CCCN)CC(=O)N(CC(=O)N(CCCN)CC(=O)N(CC(=O)N(CCCN)CC(=O)N(CC(N)=O)Cc1ccccc1)Cc1ccccc1)Cc1ccccc1)Cc1ccccc1)Cc1ccccc1. The second-order valence-corrected chi connectivity index (χ2v) is 24.1. The van der Waals surface area contributed by atoms with E-state index in [1.165, 1.54) is 55.9 Å². The van der Waals surface area contributed by atoms with E-state index in [4.69, 9.17) is 34.4 Å². The highest BCUT2D eigenvalue weighted by Crippen LogP contribution is 2.16. The van der Waals surface area contributed by atoms with Gasteiger partial charge in [0.05, 0.1) is 39.3 Å². The Morgan fingerprint density at radius 2 is 0.404 bits per heavy atom. The fraction of sp³-hybridized carbons (Fsp3) is 0.431. The Morgan fingerprint density at radius 3 is 0.586 bits per heavy atom. The quantitative estimate of drug-likeness (QED) is 0.0309. The number of carbonyl (C=O) groups excluding carboxylic acids is 11. The molecule has 0 atom stereocenters. The summed E-state index contributed by atoms with van der Waals surface area (Å²) in [5.74, 6) is -6.62. The maximum atomic E-state index is 15.0. The summed E-state index contributed by atoms with van der Waals surface area (Å²) in [5.41, 5.74) is 38.6. The van der Waals surface area contributed by atoms with Gasteiger partial charge in [-0.1, -0.05) is 152 Å². The van der Waals surface area contributed by atoms with Gasteiger partial charge in [-0.25, -0.2) is 0 Å². The van der Waals surface area contributed by atoms with Gasteiger partial charge >= 0.3 is 0 Å². The molecule has 0 bridgehead atoms. The molecule has 12 N–H and O–H groups in total. The molecule has 0 aliphatic carbocycles. The van der Waals surface area contributed by atoms with Crippen LogP contribution in [-0.2, 0) is 85.5 Å². The molecule has 0 unspecified atom stereocenters. The summed E-state index contributed by atoms with van der Waals surface area (Å²) < 4.78 is 0. The van der Waals surface area contributed by atoms with Crippen LogP contribution in [0.3, 0.4) is 0 Å². The lowest BCUT2D eigenvalue weighted by atomic mass is 10.2. The lowest BCUT2D eigenvalue weighted by Gasteiger charge is -2.33. The molecular weight excluding hydrogens is 1260 g/mol. The molecule has 5 aromatic rings. The van der Waals surface area contributed by atoms with E-state index in [2.05, 4.69) is 0 Å². The number of hydrogen-bond acceptors (Lipinski definition) is 16. The molecule has 11 amide bonds. The minimum absolute atomic E-state index is 0.0144. The molecule has 0 fully saturated rings. The second kappa shape index (κ2) is 44.1. The van der Waals surface area contributed by atoms with E-state index in [0.717, 1.165) is 5.56 Å². The van der Waals surface area contributed by atoms with Crippen LogP contribution in [0.4, 0.5) is 0 Å². The first kappa shape index (κ1) is 79.8. The van der Waals surface area contributed by atoms with Crippen LogP contribution >= 0.6 is 0 Å². The van der Waals surface area contributed by atoms with Crippen molar-refractivity contribution < 1.29 is 52.7 Å². The zero-order valence-electron chi connectivity index (χ0n) is 57.1. The average Bonchev–Trinajstić information content (AvgIpc) is 0.899. The number of amides is 11. The van der Waals surface area contributed by atoms with Gasteiger partial charge in [0, 0.05) is 72.4 Å². The van der Waals surface area contributed by atoms with Gasteiger partial charge in [-0.2, -0.15) is 0 Å². The summed E-state index contributed by atoms with van der Waals surface area (Å²) in [6.45, 7) is -2.80. The molecule has 0 saturated heterocycles. The molecule has 0 saturated carbocycles. The second-order valence-electron chi connectivity index (χ2n) is 24.1. The molecule has 0 radical (unpaired) electrons. The van der Waals surface area contributed by atoms with Crippen LogP contribution in [0.1, 0.15) is 66.8 Å². The number of primary amides is 1. The van der Waals surface area contributed by atoms with Crippen molar-refractivity contribution in [2.24, 2.45) is 34.4 Å². The Bertz CT molecular complexity index is 3340. The van der Waals surface area contributed by atoms with E-state index < -0.39 is 118 Å². The highest BCUT2D eigenvalue weighted by atomic mass is 16.2. The van der Waals surface area contributed by atoms with Gasteiger partial charge in [-0.15, -0.1) is 0 Å². The van der Waals surface area contributed by atoms with Crippen molar-refractivity contribution in [1.29, 1.82) is 0 Å². The molecular formula is C72H100N16O11. The van der Waals surface area contributed by atoms with Crippen LogP contribution < -0.4 is 34.4 Å². The van der Waals surface area contributed by atoms with Crippen LogP contribution in [0.25, 0.3) is 0 Å². The Balaban J connectivity index is 1.41. The summed E-state index contributed by atoms with van der Waals surface area (Å²) in [6, 6.07) is 44.5. The summed E-state index contributed by atoms with van der Waals surface area (Å²) in [4.78, 5) is 169. The van der Waals surface area contributed by atoms with Gasteiger partial charge < -0.3 is 83.4 Å². The highest BCUT2D eigenvalue weighted by Gasteiger charge is 2.33. The largest absolute Gasteiger partial charge is 0.368 e. The van der Waals surface area contributed by atoms with Crippen LogP contribution in [-0.4, -0.2) is 245 Å². The Labute approximate surface area is 580 Å². The fourth-order valence-electron chi connectivity index (χ4n) is 10.7. The molecule has 534 valence electrons. The van der Waals surface area contributed by atoms with E-state index in [-0.39, 0.29) is 130 Å². The predicted molar refractivity (Wildman–Crippen MR) is 375 cm³/mol. The average molecular weight is 1370 g/mol. The predicted octanol–water partition coefficient (Wildman–Crippen LogP) is 0.523. The van der Waals surface area contributed by atoms with E-state index >= 15 is 4.79 Å². The lowest BCUT2D eigenvalue weighted by Crippen LogP contribution is -2.52. The summed E-state index contributed by atoms with van der Waals surface area (Å²) in [6.07, 6.45) is 1.51. The maximum Gasteiger partial charge on any atom is 0.242 e. The van der Waals surface area contributed by atoms with Crippen molar-refractivity contribution in [2.75, 3.05) is 131 Å². The minimum atomic E-state index is -0.755. The van der Waals surface area contributed by atoms with Crippen molar-refractivity contribution >= 4 is 65.0 Å². The molecule has 0 aliphatic rings. The summed E-state index contributed by atoms with van der Waals surface area (Å²) >= 11 is 0. The fourth-order valence-corrected chi connectivity index (χ4v) is 10.7. The number of nitrogens with zero attached hydrogens (tertiary/aromatic N) is 10. The first-order valence-corrected chi connectivity index (χ1v) is 33.5. The third kappa shape index (κ3) is 29.0. The zero-order chi connectivity index (χ0) is 71.9. The van der Waals surface area contributed by atoms with Crippen LogP contribution in [0.15, 0.2) is 152 Å². The molecule has 5 aromatic carbocycles. The minimum Gasteiger partial charge on any atom is -0.368 e. The van der Waals surface area contributed by atoms with Crippen LogP contribution in [0, 0.1) is 0 Å². The van der Waals surface area contributed by atoms with Gasteiger partial charge in [0.15, 0.2) is 0 Å². The van der Waals surface area contributed by atoms with E-state index in [1.807, 2.05) is 12.1 Å². The van der Waals surface area contributed by atoms with Crippen molar-refractivity contribution in [2.45, 2.75) is 71.8 Å². The van der Waals surface area contributed by atoms with E-state index in [9.17, 15) is 47.9 Å². The summed E-state index contributed by atoms with van der Waals surface area (Å²) in [5, 5.41) is 0. The molecule has 0 aromatic heterocycles. The van der Waals surface area contributed by atoms with Gasteiger partial charge in [0.1, 0.15) is 26.2 Å².